The van der Waals surface area contributed by atoms with Gasteiger partial charge in [0.15, 0.2) is 5.82 Å². The number of benzene rings is 2. The number of nitrogens with zero attached hydrogens (tertiary/aromatic N) is 3. The molecule has 0 aliphatic carbocycles. The molecule has 2 aliphatic rings. The third-order valence-electron chi connectivity index (χ3n) is 6.59. The van der Waals surface area contributed by atoms with Crippen LogP contribution in [0.1, 0.15) is 12.7 Å². The number of para-hydroxylation sites is 2. The SMILES string of the molecule is CN[C@@H](C)C(=O)Nc1ccc(-c2cc(N3CCOCC3)nc(C3(C(F)F)Nc4ccccc4N3)n2)cc1. The zero-order valence-electron chi connectivity index (χ0n) is 20.6. The minimum absolute atomic E-state index is 0.0575. The number of carbonyl (C=O) groups is 1. The predicted octanol–water partition coefficient (Wildman–Crippen LogP) is 3.48. The molecule has 9 nitrogen and oxygen atoms in total. The van der Waals surface area contributed by atoms with E-state index in [1.807, 2.05) is 4.90 Å². The van der Waals surface area contributed by atoms with Gasteiger partial charge >= 0.3 is 0 Å². The summed E-state index contributed by atoms with van der Waals surface area (Å²) in [5, 5.41) is 11.6. The van der Waals surface area contributed by atoms with Crippen LogP contribution in [0.2, 0.25) is 0 Å². The summed E-state index contributed by atoms with van der Waals surface area (Å²) in [6, 6.07) is 15.6. The number of morpholine rings is 1. The molecule has 0 spiro atoms. The van der Waals surface area contributed by atoms with Crippen molar-refractivity contribution in [1.82, 2.24) is 15.3 Å². The standard InChI is InChI=1S/C26H29F2N7O2/c1-16(29-2)23(36)30-18-9-7-17(8-10-18)21-15-22(35-11-13-37-14-12-35)32-25(31-21)26(24(27)28)33-19-5-3-4-6-20(19)34-26/h3-10,15-16,24,29,33-34H,11-14H2,1-2H3,(H,30,36)/t16-/m0/s1. The second-order valence-electron chi connectivity index (χ2n) is 9.02. The minimum Gasteiger partial charge on any atom is -0.378 e. The normalized spacial score (nSPS) is 17.1. The van der Waals surface area contributed by atoms with Crippen LogP contribution in [0.3, 0.4) is 0 Å². The summed E-state index contributed by atoms with van der Waals surface area (Å²) in [6.07, 6.45) is -2.85. The van der Waals surface area contributed by atoms with Gasteiger partial charge in [0.1, 0.15) is 5.82 Å². The second kappa shape index (κ2) is 10.3. The van der Waals surface area contributed by atoms with Crippen LogP contribution in [0.5, 0.6) is 0 Å². The van der Waals surface area contributed by atoms with Gasteiger partial charge < -0.3 is 30.9 Å². The van der Waals surface area contributed by atoms with E-state index in [2.05, 4.69) is 31.2 Å². The number of carbonyl (C=O) groups excluding carboxylic acids is 1. The molecular weight excluding hydrogens is 480 g/mol. The van der Waals surface area contributed by atoms with Crippen molar-refractivity contribution >= 4 is 28.8 Å². The molecule has 0 saturated carbocycles. The van der Waals surface area contributed by atoms with Crippen LogP contribution in [0.25, 0.3) is 11.3 Å². The Kier molecular flexibility index (Phi) is 6.90. The molecule has 1 saturated heterocycles. The molecule has 4 N–H and O–H groups in total. The topological polar surface area (TPSA) is 103 Å². The maximum absolute atomic E-state index is 14.7. The van der Waals surface area contributed by atoms with Gasteiger partial charge in [-0.3, -0.25) is 4.79 Å². The largest absolute Gasteiger partial charge is 0.378 e. The fraction of sp³-hybridized carbons (Fsp3) is 0.346. The Morgan fingerprint density at radius 3 is 2.30 bits per heavy atom. The first kappa shape index (κ1) is 24.8. The monoisotopic (exact) mass is 509 g/mol. The average Bonchev–Trinajstić information content (AvgIpc) is 3.34. The lowest BCUT2D eigenvalue weighted by atomic mass is 10.1. The van der Waals surface area contributed by atoms with Gasteiger partial charge in [0, 0.05) is 30.4 Å². The van der Waals surface area contributed by atoms with Crippen molar-refractivity contribution in [3.8, 4) is 11.3 Å². The molecule has 0 radical (unpaired) electrons. The molecule has 0 bridgehead atoms. The first-order valence-corrected chi connectivity index (χ1v) is 12.1. The highest BCUT2D eigenvalue weighted by molar-refractivity contribution is 5.94. The number of hydrogen-bond acceptors (Lipinski definition) is 8. The summed E-state index contributed by atoms with van der Waals surface area (Å²) in [6.45, 7) is 3.99. The van der Waals surface area contributed by atoms with E-state index in [1.54, 1.807) is 68.6 Å². The Bertz CT molecular complexity index is 1240. The zero-order valence-corrected chi connectivity index (χ0v) is 20.6. The third kappa shape index (κ3) is 4.92. The van der Waals surface area contributed by atoms with Crippen molar-refractivity contribution in [2.45, 2.75) is 25.1 Å². The number of anilines is 4. The van der Waals surface area contributed by atoms with E-state index in [4.69, 9.17) is 4.74 Å². The number of aromatic nitrogens is 2. The van der Waals surface area contributed by atoms with Crippen molar-refractivity contribution < 1.29 is 18.3 Å². The number of ether oxygens (including phenoxy) is 1. The van der Waals surface area contributed by atoms with Crippen molar-refractivity contribution in [1.29, 1.82) is 0 Å². The molecule has 2 aliphatic heterocycles. The highest BCUT2D eigenvalue weighted by atomic mass is 19.3. The van der Waals surface area contributed by atoms with Gasteiger partial charge in [-0.15, -0.1) is 0 Å². The van der Waals surface area contributed by atoms with Crippen LogP contribution in [0.15, 0.2) is 54.6 Å². The Hall–Kier alpha value is -3.83. The average molecular weight is 510 g/mol. The quantitative estimate of drug-likeness (QED) is 0.384. The van der Waals surface area contributed by atoms with E-state index in [0.717, 1.165) is 0 Å². The number of halogens is 2. The first-order valence-electron chi connectivity index (χ1n) is 12.1. The highest BCUT2D eigenvalue weighted by Crippen LogP contribution is 2.42. The third-order valence-corrected chi connectivity index (χ3v) is 6.59. The van der Waals surface area contributed by atoms with Crippen molar-refractivity contribution in [3.63, 3.8) is 0 Å². The Labute approximate surface area is 213 Å². The molecule has 5 rings (SSSR count). The predicted molar refractivity (Wildman–Crippen MR) is 139 cm³/mol. The first-order chi connectivity index (χ1) is 17.9. The van der Waals surface area contributed by atoms with Gasteiger partial charge in [0.2, 0.25) is 11.6 Å². The summed E-state index contributed by atoms with van der Waals surface area (Å²) >= 11 is 0. The summed E-state index contributed by atoms with van der Waals surface area (Å²) < 4.78 is 34.9. The van der Waals surface area contributed by atoms with Gasteiger partial charge in [-0.05, 0) is 38.2 Å². The maximum atomic E-state index is 14.7. The minimum atomic E-state index is -2.85. The fourth-order valence-electron chi connectivity index (χ4n) is 4.29. The smallest absolute Gasteiger partial charge is 0.286 e. The van der Waals surface area contributed by atoms with Gasteiger partial charge in [0.25, 0.3) is 6.43 Å². The molecule has 2 aromatic carbocycles. The highest BCUT2D eigenvalue weighted by Gasteiger charge is 2.49. The Morgan fingerprint density at radius 1 is 1.05 bits per heavy atom. The molecule has 0 unspecified atom stereocenters. The number of nitrogens with one attached hydrogen (secondary N) is 4. The summed E-state index contributed by atoms with van der Waals surface area (Å²) in [5.74, 6) is 0.326. The van der Waals surface area contributed by atoms with E-state index in [9.17, 15) is 13.6 Å². The number of likely N-dealkylation sites (N-methyl/N-ethyl adjacent to an activating group) is 1. The van der Waals surface area contributed by atoms with Crippen molar-refractivity contribution in [2.24, 2.45) is 0 Å². The van der Waals surface area contributed by atoms with Crippen LogP contribution in [-0.2, 0) is 15.2 Å². The molecule has 37 heavy (non-hydrogen) atoms. The molecule has 194 valence electrons. The second-order valence-corrected chi connectivity index (χ2v) is 9.02. The lowest BCUT2D eigenvalue weighted by Gasteiger charge is -2.32. The zero-order chi connectivity index (χ0) is 26.0. The Morgan fingerprint density at radius 2 is 1.70 bits per heavy atom. The van der Waals surface area contributed by atoms with E-state index in [1.165, 1.54) is 0 Å². The van der Waals surface area contributed by atoms with Gasteiger partial charge in [0.05, 0.1) is 36.3 Å². The molecule has 1 aromatic heterocycles. The molecule has 1 atom stereocenters. The van der Waals surface area contributed by atoms with Crippen LogP contribution in [-0.4, -0.2) is 61.7 Å². The van der Waals surface area contributed by atoms with E-state index in [-0.39, 0.29) is 17.8 Å². The van der Waals surface area contributed by atoms with Crippen molar-refractivity contribution in [3.05, 3.63) is 60.4 Å². The van der Waals surface area contributed by atoms with Gasteiger partial charge in [-0.25, -0.2) is 18.7 Å². The van der Waals surface area contributed by atoms with Gasteiger partial charge in [-0.2, -0.15) is 0 Å². The molecule has 11 heteroatoms. The van der Waals surface area contributed by atoms with Crippen LogP contribution in [0, 0.1) is 0 Å². The summed E-state index contributed by atoms with van der Waals surface area (Å²) in [4.78, 5) is 23.4. The lowest BCUT2D eigenvalue weighted by molar-refractivity contribution is -0.117. The summed E-state index contributed by atoms with van der Waals surface area (Å²) in [7, 11) is 1.71. The molecular formula is C26H29F2N7O2. The molecule has 1 amide bonds. The summed E-state index contributed by atoms with van der Waals surface area (Å²) in [5.41, 5.74) is 0.946. The number of hydrogen-bond donors (Lipinski definition) is 4. The molecule has 1 fully saturated rings. The Balaban J connectivity index is 1.53. The van der Waals surface area contributed by atoms with E-state index in [0.29, 0.717) is 60.4 Å². The number of rotatable bonds is 7. The van der Waals surface area contributed by atoms with Crippen LogP contribution in [0.4, 0.5) is 31.7 Å². The molecule has 3 aromatic rings. The number of fused-ring (bicyclic) bond motifs is 1. The molecule has 3 heterocycles. The van der Waals surface area contributed by atoms with Crippen LogP contribution >= 0.6 is 0 Å². The number of alkyl halides is 2. The fourth-order valence-corrected chi connectivity index (χ4v) is 4.29. The van der Waals surface area contributed by atoms with Crippen molar-refractivity contribution in [2.75, 3.05) is 54.2 Å². The maximum Gasteiger partial charge on any atom is 0.286 e. The van der Waals surface area contributed by atoms with E-state index < -0.39 is 12.1 Å². The van der Waals surface area contributed by atoms with Gasteiger partial charge in [-0.1, -0.05) is 24.3 Å². The number of amides is 1. The van der Waals surface area contributed by atoms with Crippen LogP contribution < -0.4 is 26.2 Å². The lowest BCUT2D eigenvalue weighted by Crippen LogP contribution is -2.48. The van der Waals surface area contributed by atoms with E-state index >= 15 is 0 Å².